The Morgan fingerprint density at radius 1 is 0.711 bits per heavy atom. The molecule has 2 aromatic carbocycles. The molecule has 1 aliphatic rings. The summed E-state index contributed by atoms with van der Waals surface area (Å²) < 4.78 is 108. The zero-order chi connectivity index (χ0) is 33.6. The predicted octanol–water partition coefficient (Wildman–Crippen LogP) is 3.17. The minimum atomic E-state index is -2.45. The summed E-state index contributed by atoms with van der Waals surface area (Å²) in [7, 11) is 1.01. The first-order valence-electron chi connectivity index (χ1n) is 12.5. The lowest BCUT2D eigenvalue weighted by atomic mass is 9.97. The highest BCUT2D eigenvalue weighted by Crippen LogP contribution is 2.32. The Labute approximate surface area is 250 Å². The van der Waals surface area contributed by atoms with Gasteiger partial charge in [0, 0.05) is 20.8 Å². The summed E-state index contributed by atoms with van der Waals surface area (Å²) in [4.78, 5) is 59.9. The number of esters is 4. The van der Waals surface area contributed by atoms with Crippen LogP contribution in [-0.4, -0.2) is 67.8 Å². The third-order valence-corrected chi connectivity index (χ3v) is 5.72. The van der Waals surface area contributed by atoms with Crippen molar-refractivity contribution < 1.29 is 83.8 Å². The lowest BCUT2D eigenvalue weighted by Gasteiger charge is -2.43. The largest absolute Gasteiger partial charge is 0.514 e. The van der Waals surface area contributed by atoms with E-state index < -0.39 is 102 Å². The van der Waals surface area contributed by atoms with Crippen LogP contribution in [0.2, 0.25) is 0 Å². The lowest BCUT2D eigenvalue weighted by Crippen LogP contribution is -2.64. The fourth-order valence-corrected chi connectivity index (χ4v) is 3.90. The number of rotatable bonds is 9. The summed E-state index contributed by atoms with van der Waals surface area (Å²) in [5.74, 6) is -17.5. The van der Waals surface area contributed by atoms with Crippen molar-refractivity contribution in [2.45, 2.75) is 58.1 Å². The molecule has 1 fully saturated rings. The van der Waals surface area contributed by atoms with Gasteiger partial charge in [0.05, 0.1) is 7.11 Å². The van der Waals surface area contributed by atoms with E-state index in [0.717, 1.165) is 27.9 Å². The highest BCUT2D eigenvalue weighted by atomic mass is 19.2. The van der Waals surface area contributed by atoms with Gasteiger partial charge in [-0.15, -0.1) is 0 Å². The molecule has 13 nitrogen and oxygen atoms in total. The lowest BCUT2D eigenvalue weighted by molar-refractivity contribution is -0.282. The van der Waals surface area contributed by atoms with Crippen molar-refractivity contribution >= 4 is 30.0 Å². The standard InChI is InChI=1S/C27H23F5O13/c1-10(33)40-21-22(41-11(2)34)24(42-12(3)35)26(44-23(21)25(36)38-4)43-14-7-5-13(6-8-14)9-39-27(37)45-20-18(31)16(29)15(28)17(30)19(20)32/h5-8,21-24,26H,9H2,1-4H3/t21-,22-,23-,24+,26+/m0/s1. The normalized spacial score (nSPS) is 20.8. The van der Waals surface area contributed by atoms with Crippen LogP contribution >= 0.6 is 0 Å². The molecule has 0 unspecified atom stereocenters. The van der Waals surface area contributed by atoms with Crippen LogP contribution in [0, 0.1) is 29.1 Å². The third kappa shape index (κ3) is 8.34. The Morgan fingerprint density at radius 2 is 1.20 bits per heavy atom. The van der Waals surface area contributed by atoms with E-state index >= 15 is 0 Å². The number of hydrogen-bond donors (Lipinski definition) is 0. The van der Waals surface area contributed by atoms with E-state index in [2.05, 4.69) is 9.47 Å². The fraction of sp³-hybridized carbons (Fsp3) is 0.370. The van der Waals surface area contributed by atoms with Gasteiger partial charge < -0.3 is 37.9 Å². The smallest absolute Gasteiger partial charge is 0.467 e. The average Bonchev–Trinajstić information content (AvgIpc) is 2.98. The summed E-state index contributed by atoms with van der Waals surface area (Å²) >= 11 is 0. The molecule has 3 rings (SSSR count). The van der Waals surface area contributed by atoms with Crippen molar-refractivity contribution in [1.82, 2.24) is 0 Å². The van der Waals surface area contributed by atoms with Gasteiger partial charge in [-0.05, 0) is 17.7 Å². The Balaban J connectivity index is 1.77. The molecule has 45 heavy (non-hydrogen) atoms. The topological polar surface area (TPSA) is 159 Å². The Morgan fingerprint density at radius 3 is 1.71 bits per heavy atom. The van der Waals surface area contributed by atoms with Gasteiger partial charge >= 0.3 is 30.0 Å². The van der Waals surface area contributed by atoms with Crippen molar-refractivity contribution in [1.29, 1.82) is 0 Å². The van der Waals surface area contributed by atoms with Crippen molar-refractivity contribution in [3.05, 3.63) is 58.9 Å². The molecule has 244 valence electrons. The second-order valence-electron chi connectivity index (χ2n) is 8.97. The molecule has 0 aliphatic carbocycles. The maximum atomic E-state index is 13.7. The molecule has 0 radical (unpaired) electrons. The van der Waals surface area contributed by atoms with Gasteiger partial charge in [-0.3, -0.25) is 14.4 Å². The van der Waals surface area contributed by atoms with Gasteiger partial charge in [-0.25, -0.2) is 22.8 Å². The van der Waals surface area contributed by atoms with Crippen LogP contribution < -0.4 is 9.47 Å². The minimum absolute atomic E-state index is 0.0268. The van der Waals surface area contributed by atoms with E-state index in [-0.39, 0.29) is 11.3 Å². The number of methoxy groups -OCH3 is 1. The number of halogens is 5. The van der Waals surface area contributed by atoms with Gasteiger partial charge in [0.2, 0.25) is 47.2 Å². The van der Waals surface area contributed by atoms with E-state index in [0.29, 0.717) is 0 Å². The minimum Gasteiger partial charge on any atom is -0.467 e. The predicted molar refractivity (Wildman–Crippen MR) is 131 cm³/mol. The van der Waals surface area contributed by atoms with E-state index in [9.17, 15) is 45.9 Å². The molecule has 1 heterocycles. The second-order valence-corrected chi connectivity index (χ2v) is 8.97. The maximum Gasteiger partial charge on any atom is 0.514 e. The number of carbonyl (C=O) groups excluding carboxylic acids is 5. The Hall–Kier alpha value is -5.00. The van der Waals surface area contributed by atoms with Gasteiger partial charge in [0.25, 0.3) is 0 Å². The van der Waals surface area contributed by atoms with Crippen molar-refractivity contribution in [3.63, 3.8) is 0 Å². The van der Waals surface area contributed by atoms with Crippen molar-refractivity contribution in [3.8, 4) is 11.5 Å². The SMILES string of the molecule is COC(=O)[C@H]1O[C@@H](Oc2ccc(COC(=O)Oc3c(F)c(F)c(F)c(F)c3F)cc2)[C@H](OC(C)=O)[C@@H](OC(C)=O)[C@@H]1OC(C)=O. The number of hydrogen-bond acceptors (Lipinski definition) is 13. The Bertz CT molecular complexity index is 1440. The molecule has 0 aromatic heterocycles. The molecule has 5 atom stereocenters. The van der Waals surface area contributed by atoms with Crippen LogP contribution in [0.5, 0.6) is 11.5 Å². The first-order chi connectivity index (χ1) is 21.1. The number of carbonyl (C=O) groups is 5. The zero-order valence-electron chi connectivity index (χ0n) is 23.6. The van der Waals surface area contributed by atoms with Crippen LogP contribution in [0.15, 0.2) is 24.3 Å². The van der Waals surface area contributed by atoms with Crippen molar-refractivity contribution in [2.24, 2.45) is 0 Å². The molecule has 1 aliphatic heterocycles. The average molecular weight is 650 g/mol. The summed E-state index contributed by atoms with van der Waals surface area (Å²) in [6.07, 6.45) is -9.98. The van der Waals surface area contributed by atoms with Crippen LogP contribution in [0.4, 0.5) is 26.7 Å². The van der Waals surface area contributed by atoms with Crippen LogP contribution in [-0.2, 0) is 54.2 Å². The summed E-state index contributed by atoms with van der Waals surface area (Å²) in [6.45, 7) is 2.41. The first-order valence-corrected chi connectivity index (χ1v) is 12.5. The Kier molecular flexibility index (Phi) is 11.2. The molecular formula is C27H23F5O13. The maximum absolute atomic E-state index is 13.7. The fourth-order valence-electron chi connectivity index (χ4n) is 3.90. The van der Waals surface area contributed by atoms with E-state index in [4.69, 9.17) is 28.4 Å². The second kappa shape index (κ2) is 14.7. The number of benzene rings is 2. The highest BCUT2D eigenvalue weighted by Gasteiger charge is 2.55. The summed E-state index contributed by atoms with van der Waals surface area (Å²) in [6, 6.07) is 5.09. The molecular weight excluding hydrogens is 627 g/mol. The highest BCUT2D eigenvalue weighted by molar-refractivity contribution is 5.77. The van der Waals surface area contributed by atoms with Crippen LogP contribution in [0.3, 0.4) is 0 Å². The number of ether oxygens (including phenoxy) is 8. The monoisotopic (exact) mass is 650 g/mol. The quantitative estimate of drug-likeness (QED) is 0.0974. The molecule has 18 heteroatoms. The molecule has 0 amide bonds. The van der Waals surface area contributed by atoms with Gasteiger partial charge in [-0.2, -0.15) is 8.78 Å². The summed E-state index contributed by atoms with van der Waals surface area (Å²) in [5.41, 5.74) is 0.193. The first kappa shape index (κ1) is 34.5. The molecule has 0 N–H and O–H groups in total. The molecule has 0 spiro atoms. The molecule has 0 saturated carbocycles. The molecule has 1 saturated heterocycles. The van der Waals surface area contributed by atoms with E-state index in [1.807, 2.05) is 0 Å². The van der Waals surface area contributed by atoms with Gasteiger partial charge in [-0.1, -0.05) is 12.1 Å². The molecule has 2 aromatic rings. The molecule has 0 bridgehead atoms. The zero-order valence-corrected chi connectivity index (χ0v) is 23.6. The van der Waals surface area contributed by atoms with Crippen molar-refractivity contribution in [2.75, 3.05) is 7.11 Å². The van der Waals surface area contributed by atoms with Gasteiger partial charge in [0.15, 0.2) is 18.3 Å². The van der Waals surface area contributed by atoms with E-state index in [1.54, 1.807) is 0 Å². The van der Waals surface area contributed by atoms with E-state index in [1.165, 1.54) is 24.3 Å². The van der Waals surface area contributed by atoms with Crippen LogP contribution in [0.25, 0.3) is 0 Å². The van der Waals surface area contributed by atoms with Crippen LogP contribution in [0.1, 0.15) is 26.3 Å². The summed E-state index contributed by atoms with van der Waals surface area (Å²) in [5, 5.41) is 0. The van der Waals surface area contributed by atoms with Gasteiger partial charge in [0.1, 0.15) is 12.4 Å². The third-order valence-electron chi connectivity index (χ3n) is 5.72.